The first kappa shape index (κ1) is 16.8. The predicted octanol–water partition coefficient (Wildman–Crippen LogP) is 3.08. The van der Waals surface area contributed by atoms with E-state index in [1.807, 2.05) is 6.92 Å². The molecular weight excluding hydrogens is 324 g/mol. The molecule has 112 valence electrons. The second-order valence-electron chi connectivity index (χ2n) is 5.11. The van der Waals surface area contributed by atoms with Crippen molar-refractivity contribution >= 4 is 27.6 Å². The first-order chi connectivity index (χ1) is 9.26. The van der Waals surface area contributed by atoms with Gasteiger partial charge in [-0.2, -0.15) is 0 Å². The van der Waals surface area contributed by atoms with Gasteiger partial charge in [0.05, 0.1) is 23.7 Å². The van der Waals surface area contributed by atoms with E-state index in [1.165, 1.54) is 0 Å². The van der Waals surface area contributed by atoms with Crippen molar-refractivity contribution < 1.29 is 14.6 Å². The summed E-state index contributed by atoms with van der Waals surface area (Å²) in [5, 5.41) is 12.6. The minimum absolute atomic E-state index is 0.251. The summed E-state index contributed by atoms with van der Waals surface area (Å²) in [5.41, 5.74) is -0.283. The molecule has 0 radical (unpaired) electrons. The molecule has 0 saturated carbocycles. The Morgan fingerprint density at radius 3 is 2.65 bits per heavy atom. The Labute approximate surface area is 128 Å². The van der Waals surface area contributed by atoms with Gasteiger partial charge >= 0.3 is 6.03 Å². The maximum atomic E-state index is 12.2. The Balaban J connectivity index is 2.78. The number of anilines is 1. The number of nitrogens with one attached hydrogen (secondary N) is 1. The molecule has 0 bridgehead atoms. The molecule has 20 heavy (non-hydrogen) atoms. The van der Waals surface area contributed by atoms with Gasteiger partial charge in [0.25, 0.3) is 0 Å². The SMILES string of the molecule is CCN(CC(C)(C)O)C(=O)Nc1ccc(Br)c(OC)c1. The number of benzene rings is 1. The lowest BCUT2D eigenvalue weighted by molar-refractivity contribution is 0.0501. The van der Waals surface area contributed by atoms with E-state index in [0.717, 1.165) is 4.47 Å². The van der Waals surface area contributed by atoms with Gasteiger partial charge in [0, 0.05) is 18.3 Å². The van der Waals surface area contributed by atoms with Crippen molar-refractivity contribution in [1.82, 2.24) is 4.90 Å². The maximum absolute atomic E-state index is 12.2. The van der Waals surface area contributed by atoms with E-state index < -0.39 is 5.60 Å². The van der Waals surface area contributed by atoms with E-state index in [-0.39, 0.29) is 12.6 Å². The second-order valence-corrected chi connectivity index (χ2v) is 5.96. The third-order valence-electron chi connectivity index (χ3n) is 2.65. The Morgan fingerprint density at radius 2 is 2.15 bits per heavy atom. The number of aliphatic hydroxyl groups is 1. The summed E-state index contributed by atoms with van der Waals surface area (Å²) in [4.78, 5) is 13.7. The van der Waals surface area contributed by atoms with Crippen molar-refractivity contribution in [1.29, 1.82) is 0 Å². The van der Waals surface area contributed by atoms with Crippen LogP contribution in [0.2, 0.25) is 0 Å². The molecule has 2 N–H and O–H groups in total. The van der Waals surface area contributed by atoms with Crippen molar-refractivity contribution in [2.45, 2.75) is 26.4 Å². The van der Waals surface area contributed by atoms with E-state index in [1.54, 1.807) is 44.1 Å². The Bertz CT molecular complexity index is 472. The van der Waals surface area contributed by atoms with Crippen LogP contribution >= 0.6 is 15.9 Å². The number of urea groups is 1. The zero-order valence-corrected chi connectivity index (χ0v) is 13.8. The number of halogens is 1. The van der Waals surface area contributed by atoms with E-state index in [9.17, 15) is 9.90 Å². The van der Waals surface area contributed by atoms with Crippen LogP contribution in [0.15, 0.2) is 22.7 Å². The lowest BCUT2D eigenvalue weighted by Gasteiger charge is -2.28. The van der Waals surface area contributed by atoms with E-state index >= 15 is 0 Å². The summed E-state index contributed by atoms with van der Waals surface area (Å²) in [7, 11) is 1.57. The summed E-state index contributed by atoms with van der Waals surface area (Å²) in [6.07, 6.45) is 0. The van der Waals surface area contributed by atoms with Crippen molar-refractivity contribution in [2.24, 2.45) is 0 Å². The molecule has 6 heteroatoms. The number of likely N-dealkylation sites (N-methyl/N-ethyl adjacent to an activating group) is 1. The Kier molecular flexibility index (Phi) is 5.83. The normalized spacial score (nSPS) is 11.1. The van der Waals surface area contributed by atoms with Gasteiger partial charge in [-0.3, -0.25) is 0 Å². The molecule has 0 aliphatic rings. The Hall–Kier alpha value is -1.27. The van der Waals surface area contributed by atoms with E-state index in [0.29, 0.717) is 18.0 Å². The maximum Gasteiger partial charge on any atom is 0.321 e. The highest BCUT2D eigenvalue weighted by molar-refractivity contribution is 9.10. The first-order valence-electron chi connectivity index (χ1n) is 6.38. The zero-order chi connectivity index (χ0) is 15.3. The lowest BCUT2D eigenvalue weighted by Crippen LogP contribution is -2.44. The van der Waals surface area contributed by atoms with Crippen molar-refractivity contribution in [3.05, 3.63) is 22.7 Å². The van der Waals surface area contributed by atoms with Crippen molar-refractivity contribution in [3.8, 4) is 5.75 Å². The summed E-state index contributed by atoms with van der Waals surface area (Å²) in [6, 6.07) is 5.07. The van der Waals surface area contributed by atoms with Crippen LogP contribution < -0.4 is 10.1 Å². The molecule has 1 aromatic carbocycles. The van der Waals surface area contributed by atoms with E-state index in [2.05, 4.69) is 21.2 Å². The first-order valence-corrected chi connectivity index (χ1v) is 7.18. The van der Waals surface area contributed by atoms with Crippen LogP contribution in [0.25, 0.3) is 0 Å². The van der Waals surface area contributed by atoms with Gasteiger partial charge < -0.3 is 20.1 Å². The number of nitrogens with zero attached hydrogens (tertiary/aromatic N) is 1. The third kappa shape index (κ3) is 5.02. The zero-order valence-electron chi connectivity index (χ0n) is 12.2. The van der Waals surface area contributed by atoms with Gasteiger partial charge in [-0.15, -0.1) is 0 Å². The predicted molar refractivity (Wildman–Crippen MR) is 83.3 cm³/mol. The fraction of sp³-hybridized carbons (Fsp3) is 0.500. The van der Waals surface area contributed by atoms with Crippen molar-refractivity contribution in [3.63, 3.8) is 0 Å². The summed E-state index contributed by atoms with van der Waals surface area (Å²) >= 11 is 3.36. The summed E-state index contributed by atoms with van der Waals surface area (Å²) in [6.45, 7) is 6.00. The number of hydrogen-bond acceptors (Lipinski definition) is 3. The highest BCUT2D eigenvalue weighted by Crippen LogP contribution is 2.28. The number of rotatable bonds is 5. The molecule has 0 aliphatic heterocycles. The molecule has 1 rings (SSSR count). The molecular formula is C14H21BrN2O3. The van der Waals surface area contributed by atoms with Crippen LogP contribution in [0.1, 0.15) is 20.8 Å². The van der Waals surface area contributed by atoms with Crippen LogP contribution in [0.3, 0.4) is 0 Å². The number of methoxy groups -OCH3 is 1. The van der Waals surface area contributed by atoms with Crippen LogP contribution in [0.5, 0.6) is 5.75 Å². The highest BCUT2D eigenvalue weighted by atomic mass is 79.9. The van der Waals surface area contributed by atoms with Gasteiger partial charge in [0.15, 0.2) is 0 Å². The van der Waals surface area contributed by atoms with Crippen LogP contribution in [0, 0.1) is 0 Å². The monoisotopic (exact) mass is 344 g/mol. The molecule has 0 heterocycles. The fourth-order valence-corrected chi connectivity index (χ4v) is 2.14. The Morgan fingerprint density at radius 1 is 1.50 bits per heavy atom. The van der Waals surface area contributed by atoms with Gasteiger partial charge in [0.2, 0.25) is 0 Å². The second kappa shape index (κ2) is 6.95. The standard InChI is InChI=1S/C14H21BrN2O3/c1-5-17(9-14(2,3)19)13(18)16-10-6-7-11(15)12(8-10)20-4/h6-8,19H,5,9H2,1-4H3,(H,16,18). The average molecular weight is 345 g/mol. The number of carbonyl (C=O) groups is 1. The molecule has 0 spiro atoms. The highest BCUT2D eigenvalue weighted by Gasteiger charge is 2.21. The van der Waals surface area contributed by atoms with E-state index in [4.69, 9.17) is 4.74 Å². The molecule has 0 saturated heterocycles. The molecule has 2 amide bonds. The van der Waals surface area contributed by atoms with Gasteiger partial charge in [-0.1, -0.05) is 0 Å². The largest absolute Gasteiger partial charge is 0.495 e. The van der Waals surface area contributed by atoms with Gasteiger partial charge in [0.1, 0.15) is 5.75 Å². The molecule has 0 atom stereocenters. The number of amides is 2. The minimum Gasteiger partial charge on any atom is -0.495 e. The summed E-state index contributed by atoms with van der Waals surface area (Å²) in [5.74, 6) is 0.647. The quantitative estimate of drug-likeness (QED) is 0.862. The number of ether oxygens (including phenoxy) is 1. The summed E-state index contributed by atoms with van der Waals surface area (Å²) < 4.78 is 6.00. The van der Waals surface area contributed by atoms with Crippen molar-refractivity contribution in [2.75, 3.05) is 25.5 Å². The minimum atomic E-state index is -0.926. The molecule has 0 aromatic heterocycles. The van der Waals surface area contributed by atoms with Crippen LogP contribution in [0.4, 0.5) is 10.5 Å². The van der Waals surface area contributed by atoms with Crippen LogP contribution in [-0.4, -0.2) is 41.8 Å². The lowest BCUT2D eigenvalue weighted by atomic mass is 10.1. The third-order valence-corrected chi connectivity index (χ3v) is 3.30. The number of carbonyl (C=O) groups excluding carboxylic acids is 1. The van der Waals surface area contributed by atoms with Gasteiger partial charge in [-0.05, 0) is 48.8 Å². The molecule has 1 aromatic rings. The molecule has 0 unspecified atom stereocenters. The average Bonchev–Trinajstić information content (AvgIpc) is 2.37. The molecule has 0 aliphatic carbocycles. The smallest absolute Gasteiger partial charge is 0.321 e. The fourth-order valence-electron chi connectivity index (χ4n) is 1.73. The topological polar surface area (TPSA) is 61.8 Å². The molecule has 0 fully saturated rings. The van der Waals surface area contributed by atoms with Crippen LogP contribution in [-0.2, 0) is 0 Å². The van der Waals surface area contributed by atoms with Gasteiger partial charge in [-0.25, -0.2) is 4.79 Å². The number of hydrogen-bond donors (Lipinski definition) is 2. The molecule has 5 nitrogen and oxygen atoms in total.